The number of carboxylic acids is 1. The van der Waals surface area contributed by atoms with E-state index in [1.807, 2.05) is 0 Å². The zero-order valence-electron chi connectivity index (χ0n) is 10.1. The maximum absolute atomic E-state index is 10.6. The highest BCUT2D eigenvalue weighted by atomic mass is 16.4. The molecule has 0 spiro atoms. The van der Waals surface area contributed by atoms with Gasteiger partial charge in [-0.1, -0.05) is 20.8 Å². The van der Waals surface area contributed by atoms with Gasteiger partial charge in [-0.25, -0.2) is 0 Å². The highest BCUT2D eigenvalue weighted by Gasteiger charge is 2.29. The third kappa shape index (κ3) is 3.49. The first-order valence-corrected chi connectivity index (χ1v) is 6.00. The van der Waals surface area contributed by atoms with E-state index < -0.39 is 5.97 Å². The maximum atomic E-state index is 10.6. The summed E-state index contributed by atoms with van der Waals surface area (Å²) in [6.45, 7) is 8.77. The second-order valence-corrected chi connectivity index (χ2v) is 4.97. The molecule has 0 aromatic heterocycles. The summed E-state index contributed by atoms with van der Waals surface area (Å²) in [6.07, 6.45) is 2.55. The van der Waals surface area contributed by atoms with E-state index in [4.69, 9.17) is 5.11 Å². The van der Waals surface area contributed by atoms with Crippen LogP contribution in [0.25, 0.3) is 0 Å². The molecule has 1 aliphatic heterocycles. The van der Waals surface area contributed by atoms with Gasteiger partial charge in [0.2, 0.25) is 0 Å². The van der Waals surface area contributed by atoms with Crippen molar-refractivity contribution < 1.29 is 9.90 Å². The van der Waals surface area contributed by atoms with Crippen LogP contribution in [0.2, 0.25) is 0 Å². The van der Waals surface area contributed by atoms with Crippen LogP contribution in [0.15, 0.2) is 0 Å². The summed E-state index contributed by atoms with van der Waals surface area (Å²) in [5, 5.41) is 8.75. The van der Waals surface area contributed by atoms with Crippen LogP contribution in [0.3, 0.4) is 0 Å². The zero-order valence-corrected chi connectivity index (χ0v) is 10.1. The average Bonchev–Trinajstić information content (AvgIpc) is 2.52. The Bertz CT molecular complexity index is 216. The summed E-state index contributed by atoms with van der Waals surface area (Å²) in [5.41, 5.74) is 0. The fraction of sp³-hybridized carbons (Fsp3) is 0.917. The van der Waals surface area contributed by atoms with Gasteiger partial charge in [-0.15, -0.1) is 0 Å². The second kappa shape index (κ2) is 5.50. The first kappa shape index (κ1) is 12.5. The summed E-state index contributed by atoms with van der Waals surface area (Å²) in [5.74, 6) is 0.383. The van der Waals surface area contributed by atoms with Gasteiger partial charge in [0, 0.05) is 19.0 Å². The molecule has 3 nitrogen and oxygen atoms in total. The Morgan fingerprint density at radius 1 is 1.53 bits per heavy atom. The first-order valence-electron chi connectivity index (χ1n) is 6.00. The van der Waals surface area contributed by atoms with Crippen molar-refractivity contribution in [2.45, 2.75) is 46.1 Å². The van der Waals surface area contributed by atoms with Crippen molar-refractivity contribution >= 4 is 5.97 Å². The molecule has 88 valence electrons. The summed E-state index contributed by atoms with van der Waals surface area (Å²) >= 11 is 0. The fourth-order valence-electron chi connectivity index (χ4n) is 2.73. The zero-order chi connectivity index (χ0) is 11.4. The van der Waals surface area contributed by atoms with E-state index in [2.05, 4.69) is 25.7 Å². The van der Waals surface area contributed by atoms with Gasteiger partial charge in [-0.05, 0) is 31.2 Å². The number of carboxylic acid groups (broad SMARTS) is 1. The minimum atomic E-state index is -0.653. The molecule has 1 aliphatic rings. The van der Waals surface area contributed by atoms with E-state index in [0.29, 0.717) is 24.3 Å². The van der Waals surface area contributed by atoms with E-state index in [0.717, 1.165) is 25.9 Å². The molecule has 3 heteroatoms. The van der Waals surface area contributed by atoms with E-state index in [1.165, 1.54) is 0 Å². The van der Waals surface area contributed by atoms with Gasteiger partial charge in [0.25, 0.3) is 0 Å². The molecule has 0 radical (unpaired) electrons. The number of nitrogens with zero attached hydrogens (tertiary/aromatic N) is 1. The molecular formula is C12H23NO2. The normalized spacial score (nSPS) is 24.7. The number of aliphatic carboxylic acids is 1. The number of likely N-dealkylation sites (tertiary alicyclic amines) is 1. The molecule has 0 saturated carbocycles. The van der Waals surface area contributed by atoms with Crippen LogP contribution in [-0.2, 0) is 4.79 Å². The maximum Gasteiger partial charge on any atom is 0.303 e. The van der Waals surface area contributed by atoms with Crippen molar-refractivity contribution in [2.75, 3.05) is 13.1 Å². The summed E-state index contributed by atoms with van der Waals surface area (Å²) in [7, 11) is 0. The molecule has 0 aromatic rings. The molecule has 2 atom stereocenters. The third-order valence-corrected chi connectivity index (χ3v) is 3.44. The van der Waals surface area contributed by atoms with Crippen molar-refractivity contribution in [1.82, 2.24) is 4.90 Å². The molecule has 0 aromatic carbocycles. The van der Waals surface area contributed by atoms with Crippen LogP contribution in [0.5, 0.6) is 0 Å². The van der Waals surface area contributed by atoms with Crippen LogP contribution in [0.4, 0.5) is 0 Å². The van der Waals surface area contributed by atoms with Crippen LogP contribution in [-0.4, -0.2) is 35.1 Å². The number of hydrogen-bond acceptors (Lipinski definition) is 2. The number of rotatable bonds is 5. The van der Waals surface area contributed by atoms with E-state index in [1.54, 1.807) is 0 Å². The Kier molecular flexibility index (Phi) is 4.58. The molecule has 0 bridgehead atoms. The lowest BCUT2D eigenvalue weighted by atomic mass is 10.00. The molecule has 15 heavy (non-hydrogen) atoms. The van der Waals surface area contributed by atoms with Crippen molar-refractivity contribution in [3.8, 4) is 0 Å². The highest BCUT2D eigenvalue weighted by Crippen LogP contribution is 2.25. The predicted molar refractivity (Wildman–Crippen MR) is 60.8 cm³/mol. The van der Waals surface area contributed by atoms with Crippen LogP contribution >= 0.6 is 0 Å². The van der Waals surface area contributed by atoms with Gasteiger partial charge in [0.1, 0.15) is 0 Å². The van der Waals surface area contributed by atoms with Crippen LogP contribution in [0, 0.1) is 11.8 Å². The minimum Gasteiger partial charge on any atom is -0.481 e. The van der Waals surface area contributed by atoms with Crippen LogP contribution in [0.1, 0.15) is 40.0 Å². The molecule has 1 saturated heterocycles. The van der Waals surface area contributed by atoms with Gasteiger partial charge >= 0.3 is 5.97 Å². The molecule has 1 fully saturated rings. The topological polar surface area (TPSA) is 40.5 Å². The van der Waals surface area contributed by atoms with Gasteiger partial charge in [-0.2, -0.15) is 0 Å². The Morgan fingerprint density at radius 3 is 2.67 bits per heavy atom. The summed E-state index contributed by atoms with van der Waals surface area (Å²) in [4.78, 5) is 13.1. The molecular weight excluding hydrogens is 190 g/mol. The van der Waals surface area contributed by atoms with Gasteiger partial charge in [-0.3, -0.25) is 9.69 Å². The number of hydrogen-bond donors (Lipinski definition) is 1. The Hall–Kier alpha value is -0.570. The lowest BCUT2D eigenvalue weighted by Crippen LogP contribution is -2.36. The van der Waals surface area contributed by atoms with Crippen molar-refractivity contribution in [1.29, 1.82) is 0 Å². The molecule has 1 rings (SSSR count). The van der Waals surface area contributed by atoms with Crippen molar-refractivity contribution in [3.05, 3.63) is 0 Å². The Morgan fingerprint density at radius 2 is 2.20 bits per heavy atom. The predicted octanol–water partition coefficient (Wildman–Crippen LogP) is 2.22. The lowest BCUT2D eigenvalue weighted by Gasteiger charge is -2.30. The smallest absolute Gasteiger partial charge is 0.303 e. The minimum absolute atomic E-state index is 0.338. The van der Waals surface area contributed by atoms with Crippen molar-refractivity contribution in [3.63, 3.8) is 0 Å². The molecule has 1 N–H and O–H groups in total. The molecule has 1 heterocycles. The highest BCUT2D eigenvalue weighted by molar-refractivity contribution is 5.67. The molecule has 0 aliphatic carbocycles. The van der Waals surface area contributed by atoms with E-state index >= 15 is 0 Å². The second-order valence-electron chi connectivity index (χ2n) is 4.97. The molecule has 2 unspecified atom stereocenters. The van der Waals surface area contributed by atoms with Gasteiger partial charge in [0.05, 0.1) is 0 Å². The van der Waals surface area contributed by atoms with Crippen molar-refractivity contribution in [2.24, 2.45) is 11.8 Å². The fourth-order valence-corrected chi connectivity index (χ4v) is 2.73. The SMILES string of the molecule is CCC(C(C)C)N1CCC(CC(=O)O)C1. The largest absolute Gasteiger partial charge is 0.481 e. The quantitative estimate of drug-likeness (QED) is 0.761. The Labute approximate surface area is 92.5 Å². The number of carbonyl (C=O) groups is 1. The lowest BCUT2D eigenvalue weighted by molar-refractivity contribution is -0.138. The average molecular weight is 213 g/mol. The summed E-state index contributed by atoms with van der Waals surface area (Å²) in [6, 6.07) is 0.629. The summed E-state index contributed by atoms with van der Waals surface area (Å²) < 4.78 is 0. The Balaban J connectivity index is 2.43. The van der Waals surface area contributed by atoms with E-state index in [-0.39, 0.29) is 0 Å². The standard InChI is InChI=1S/C12H23NO2/c1-4-11(9(2)3)13-6-5-10(8-13)7-12(14)15/h9-11H,4-8H2,1-3H3,(H,14,15). The third-order valence-electron chi connectivity index (χ3n) is 3.44. The van der Waals surface area contributed by atoms with Gasteiger partial charge < -0.3 is 5.11 Å². The first-order chi connectivity index (χ1) is 7.04. The van der Waals surface area contributed by atoms with Gasteiger partial charge in [0.15, 0.2) is 0 Å². The molecule has 0 amide bonds. The monoisotopic (exact) mass is 213 g/mol. The van der Waals surface area contributed by atoms with Crippen LogP contribution < -0.4 is 0 Å². The van der Waals surface area contributed by atoms with E-state index in [9.17, 15) is 4.79 Å².